The number of para-hydroxylation sites is 1. The Morgan fingerprint density at radius 1 is 1.24 bits per heavy atom. The highest BCUT2D eigenvalue weighted by Gasteiger charge is 2.06. The summed E-state index contributed by atoms with van der Waals surface area (Å²) in [6.45, 7) is 0.738. The zero-order valence-electron chi connectivity index (χ0n) is 12.2. The van der Waals surface area contributed by atoms with Gasteiger partial charge in [0.15, 0.2) is 0 Å². The number of rotatable bonds is 4. The average molecular weight is 282 g/mol. The number of nitrogens with zero attached hydrogens (tertiary/aromatic N) is 3. The second-order valence-electron chi connectivity index (χ2n) is 5.10. The highest BCUT2D eigenvalue weighted by Crippen LogP contribution is 2.20. The summed E-state index contributed by atoms with van der Waals surface area (Å²) in [7, 11) is 3.78. The normalized spacial score (nSPS) is 11.0. The van der Waals surface area contributed by atoms with Crippen molar-refractivity contribution in [2.24, 2.45) is 14.1 Å². The Bertz CT molecular complexity index is 832. The number of anilines is 1. The minimum absolute atomic E-state index is 0.00630. The summed E-state index contributed by atoms with van der Waals surface area (Å²) in [6, 6.07) is 9.56. The third-order valence-corrected chi connectivity index (χ3v) is 3.74. The molecule has 0 saturated carbocycles. The molecule has 0 bridgehead atoms. The molecule has 5 nitrogen and oxygen atoms in total. The van der Waals surface area contributed by atoms with E-state index in [1.165, 1.54) is 0 Å². The fraction of sp³-hybridized carbons (Fsp3) is 0.250. The molecule has 0 aliphatic carbocycles. The van der Waals surface area contributed by atoms with E-state index in [4.69, 9.17) is 0 Å². The standard InChI is InChI=1S/C16H18N4O/c1-19-10-9-18-15(19)7-8-17-13-11-16(21)20(2)14-6-4-3-5-12(13)14/h3-6,9-11,17H,7-8H2,1-2H3. The molecule has 0 unspecified atom stereocenters. The molecule has 0 aliphatic heterocycles. The molecule has 1 N–H and O–H groups in total. The topological polar surface area (TPSA) is 51.9 Å². The van der Waals surface area contributed by atoms with Crippen molar-refractivity contribution in [3.05, 3.63) is 58.9 Å². The number of aromatic nitrogens is 3. The molecule has 5 heteroatoms. The summed E-state index contributed by atoms with van der Waals surface area (Å²) in [5.74, 6) is 1.02. The van der Waals surface area contributed by atoms with Gasteiger partial charge in [-0.3, -0.25) is 4.79 Å². The van der Waals surface area contributed by atoms with E-state index in [0.29, 0.717) is 0 Å². The van der Waals surface area contributed by atoms with Crippen LogP contribution in [0, 0.1) is 0 Å². The molecule has 0 aliphatic rings. The number of nitrogens with one attached hydrogen (secondary N) is 1. The quantitative estimate of drug-likeness (QED) is 0.795. The minimum Gasteiger partial charge on any atom is -0.384 e. The van der Waals surface area contributed by atoms with Crippen molar-refractivity contribution in [2.75, 3.05) is 11.9 Å². The molecule has 1 aromatic carbocycles. The third kappa shape index (κ3) is 2.54. The van der Waals surface area contributed by atoms with Gasteiger partial charge in [0.25, 0.3) is 5.56 Å². The molecule has 108 valence electrons. The van der Waals surface area contributed by atoms with Crippen LogP contribution >= 0.6 is 0 Å². The predicted octanol–water partition coefficient (Wildman–Crippen LogP) is 1.93. The number of imidazole rings is 1. The number of pyridine rings is 1. The SMILES string of the molecule is Cn1ccnc1CCNc1cc(=O)n(C)c2ccccc12. The summed E-state index contributed by atoms with van der Waals surface area (Å²) in [5.41, 5.74) is 1.81. The Hall–Kier alpha value is -2.56. The van der Waals surface area contributed by atoms with Crippen LogP contribution in [0.25, 0.3) is 10.9 Å². The fourth-order valence-electron chi connectivity index (χ4n) is 2.50. The van der Waals surface area contributed by atoms with E-state index >= 15 is 0 Å². The fourth-order valence-corrected chi connectivity index (χ4v) is 2.50. The summed E-state index contributed by atoms with van der Waals surface area (Å²) in [6.07, 6.45) is 4.54. The predicted molar refractivity (Wildman–Crippen MR) is 84.6 cm³/mol. The van der Waals surface area contributed by atoms with Gasteiger partial charge in [-0.1, -0.05) is 18.2 Å². The van der Waals surface area contributed by atoms with Gasteiger partial charge in [0.05, 0.1) is 5.52 Å². The van der Waals surface area contributed by atoms with Crippen LogP contribution in [0.1, 0.15) is 5.82 Å². The van der Waals surface area contributed by atoms with Crippen molar-refractivity contribution in [1.29, 1.82) is 0 Å². The smallest absolute Gasteiger partial charge is 0.252 e. The number of benzene rings is 1. The third-order valence-electron chi connectivity index (χ3n) is 3.74. The second-order valence-corrected chi connectivity index (χ2v) is 5.10. The van der Waals surface area contributed by atoms with E-state index in [1.807, 2.05) is 42.1 Å². The van der Waals surface area contributed by atoms with E-state index < -0.39 is 0 Å². The van der Waals surface area contributed by atoms with Crippen molar-refractivity contribution in [3.63, 3.8) is 0 Å². The molecule has 0 atom stereocenters. The lowest BCUT2D eigenvalue weighted by Crippen LogP contribution is -2.18. The van der Waals surface area contributed by atoms with Crippen LogP contribution in [-0.4, -0.2) is 20.7 Å². The molecule has 0 spiro atoms. The zero-order chi connectivity index (χ0) is 14.8. The lowest BCUT2D eigenvalue weighted by molar-refractivity contribution is 0.789. The van der Waals surface area contributed by atoms with E-state index in [9.17, 15) is 4.79 Å². The van der Waals surface area contributed by atoms with Gasteiger partial charge in [0.1, 0.15) is 5.82 Å². The average Bonchev–Trinajstić information content (AvgIpc) is 2.90. The molecule has 2 heterocycles. The molecule has 0 saturated heterocycles. The molecule has 0 fully saturated rings. The van der Waals surface area contributed by atoms with Crippen LogP contribution in [0.5, 0.6) is 0 Å². The molecular weight excluding hydrogens is 264 g/mol. The molecule has 0 radical (unpaired) electrons. The Morgan fingerprint density at radius 2 is 2.05 bits per heavy atom. The lowest BCUT2D eigenvalue weighted by Gasteiger charge is -2.12. The maximum atomic E-state index is 12.0. The number of hydrogen-bond acceptors (Lipinski definition) is 3. The first-order valence-electron chi connectivity index (χ1n) is 6.95. The number of fused-ring (bicyclic) bond motifs is 1. The van der Waals surface area contributed by atoms with Crippen LogP contribution in [-0.2, 0) is 20.5 Å². The van der Waals surface area contributed by atoms with Gasteiger partial charge < -0.3 is 14.5 Å². The van der Waals surface area contributed by atoms with Crippen LogP contribution < -0.4 is 10.9 Å². The Labute approximate surface area is 122 Å². The molecule has 2 aromatic heterocycles. The van der Waals surface area contributed by atoms with Gasteiger partial charge in [-0.15, -0.1) is 0 Å². The van der Waals surface area contributed by atoms with Gasteiger partial charge in [0, 0.05) is 56.6 Å². The van der Waals surface area contributed by atoms with Gasteiger partial charge in [-0.25, -0.2) is 4.98 Å². The van der Waals surface area contributed by atoms with Gasteiger partial charge in [-0.05, 0) is 6.07 Å². The van der Waals surface area contributed by atoms with E-state index in [-0.39, 0.29) is 5.56 Å². The monoisotopic (exact) mass is 282 g/mol. The molecule has 21 heavy (non-hydrogen) atoms. The Balaban J connectivity index is 1.86. The first-order valence-corrected chi connectivity index (χ1v) is 6.95. The highest BCUT2D eigenvalue weighted by molar-refractivity contribution is 5.91. The summed E-state index contributed by atoms with van der Waals surface area (Å²) < 4.78 is 3.67. The highest BCUT2D eigenvalue weighted by atomic mass is 16.1. The molecule has 3 rings (SSSR count). The van der Waals surface area contributed by atoms with Crippen molar-refractivity contribution >= 4 is 16.6 Å². The van der Waals surface area contributed by atoms with Crippen LogP contribution in [0.2, 0.25) is 0 Å². The van der Waals surface area contributed by atoms with Crippen molar-refractivity contribution < 1.29 is 0 Å². The number of aryl methyl sites for hydroxylation is 2. The van der Waals surface area contributed by atoms with E-state index in [1.54, 1.807) is 23.9 Å². The Morgan fingerprint density at radius 3 is 2.81 bits per heavy atom. The largest absolute Gasteiger partial charge is 0.384 e. The summed E-state index contributed by atoms with van der Waals surface area (Å²) in [4.78, 5) is 16.3. The van der Waals surface area contributed by atoms with Crippen LogP contribution in [0.3, 0.4) is 0 Å². The van der Waals surface area contributed by atoms with Crippen molar-refractivity contribution in [3.8, 4) is 0 Å². The van der Waals surface area contributed by atoms with E-state index in [0.717, 1.165) is 35.4 Å². The summed E-state index contributed by atoms with van der Waals surface area (Å²) >= 11 is 0. The Kier molecular flexibility index (Phi) is 3.48. The van der Waals surface area contributed by atoms with Crippen LogP contribution in [0.4, 0.5) is 5.69 Å². The maximum Gasteiger partial charge on any atom is 0.252 e. The number of hydrogen-bond donors (Lipinski definition) is 1. The molecule has 0 amide bonds. The second kappa shape index (κ2) is 5.44. The van der Waals surface area contributed by atoms with Gasteiger partial charge >= 0.3 is 0 Å². The minimum atomic E-state index is -0.00630. The van der Waals surface area contributed by atoms with Gasteiger partial charge in [0.2, 0.25) is 0 Å². The maximum absolute atomic E-state index is 12.0. The summed E-state index contributed by atoms with van der Waals surface area (Å²) in [5, 5.41) is 4.41. The van der Waals surface area contributed by atoms with Crippen molar-refractivity contribution in [1.82, 2.24) is 14.1 Å². The molecular formula is C16H18N4O. The first kappa shape index (κ1) is 13.4. The van der Waals surface area contributed by atoms with Crippen molar-refractivity contribution in [2.45, 2.75) is 6.42 Å². The van der Waals surface area contributed by atoms with E-state index in [2.05, 4.69) is 10.3 Å². The first-order chi connectivity index (χ1) is 10.2. The lowest BCUT2D eigenvalue weighted by atomic mass is 10.1. The zero-order valence-corrected chi connectivity index (χ0v) is 12.2. The molecule has 3 aromatic rings. The van der Waals surface area contributed by atoms with Gasteiger partial charge in [-0.2, -0.15) is 0 Å². The van der Waals surface area contributed by atoms with Crippen LogP contribution in [0.15, 0.2) is 47.5 Å².